The van der Waals surface area contributed by atoms with Gasteiger partial charge in [-0.05, 0) is 31.5 Å². The van der Waals surface area contributed by atoms with Crippen LogP contribution in [0.4, 0.5) is 11.4 Å². The van der Waals surface area contributed by atoms with Crippen LogP contribution in [0, 0.1) is 10.1 Å². The molecule has 4 rings (SSSR count). The number of benzene rings is 2. The molecule has 0 bridgehead atoms. The van der Waals surface area contributed by atoms with Crippen molar-refractivity contribution in [1.29, 1.82) is 0 Å². The molecule has 0 saturated heterocycles. The first-order chi connectivity index (χ1) is 13.6. The van der Waals surface area contributed by atoms with Crippen molar-refractivity contribution in [2.75, 3.05) is 0 Å². The number of furan rings is 1. The van der Waals surface area contributed by atoms with E-state index in [4.69, 9.17) is 4.42 Å². The van der Waals surface area contributed by atoms with Gasteiger partial charge in [-0.3, -0.25) is 10.1 Å². The molecule has 0 aliphatic carbocycles. The second-order valence-electron chi connectivity index (χ2n) is 6.54. The van der Waals surface area contributed by atoms with Gasteiger partial charge in [0.05, 0.1) is 10.6 Å². The molecule has 0 spiro atoms. The molecule has 0 radical (unpaired) electrons. The number of nitrogens with zero attached hydrogens (tertiary/aromatic N) is 3. The van der Waals surface area contributed by atoms with E-state index in [-0.39, 0.29) is 11.7 Å². The number of aromatic nitrogens is 1. The highest BCUT2D eigenvalue weighted by molar-refractivity contribution is 7.07. The van der Waals surface area contributed by atoms with Crippen molar-refractivity contribution >= 4 is 33.7 Å². The Bertz CT molecular complexity index is 1190. The van der Waals surface area contributed by atoms with E-state index in [1.54, 1.807) is 18.2 Å². The molecule has 0 saturated carbocycles. The highest BCUT2D eigenvalue weighted by atomic mass is 32.1. The molecule has 142 valence electrons. The van der Waals surface area contributed by atoms with Crippen molar-refractivity contribution in [2.24, 2.45) is 4.99 Å². The first-order valence-electron chi connectivity index (χ1n) is 9.05. The normalized spacial score (nSPS) is 13.1. The van der Waals surface area contributed by atoms with E-state index in [1.165, 1.54) is 17.4 Å². The van der Waals surface area contributed by atoms with E-state index in [1.807, 2.05) is 35.7 Å². The molecule has 1 unspecified atom stereocenters. The van der Waals surface area contributed by atoms with Crippen molar-refractivity contribution in [1.82, 2.24) is 4.57 Å². The molecule has 7 heteroatoms. The Labute approximate surface area is 165 Å². The summed E-state index contributed by atoms with van der Waals surface area (Å²) in [6.45, 7) is 4.21. The van der Waals surface area contributed by atoms with Gasteiger partial charge in [0.15, 0.2) is 10.6 Å². The fourth-order valence-electron chi connectivity index (χ4n) is 3.11. The summed E-state index contributed by atoms with van der Waals surface area (Å²) in [6, 6.07) is 16.6. The van der Waals surface area contributed by atoms with Crippen molar-refractivity contribution in [3.8, 4) is 11.5 Å². The van der Waals surface area contributed by atoms with E-state index in [0.717, 1.165) is 28.8 Å². The van der Waals surface area contributed by atoms with Gasteiger partial charge in [0.2, 0.25) is 0 Å². The Hall–Kier alpha value is -3.19. The fraction of sp³-hybridized carbons (Fsp3) is 0.190. The van der Waals surface area contributed by atoms with Crippen LogP contribution >= 0.6 is 11.3 Å². The van der Waals surface area contributed by atoms with Crippen LogP contribution in [-0.4, -0.2) is 9.49 Å². The number of fused-ring (bicyclic) bond motifs is 1. The lowest BCUT2D eigenvalue weighted by molar-refractivity contribution is -0.384. The molecule has 6 nitrogen and oxygen atoms in total. The van der Waals surface area contributed by atoms with Gasteiger partial charge in [-0.2, -0.15) is 0 Å². The molecule has 0 aliphatic heterocycles. The standard InChI is InChI=1S/C21H19N3O3S/c1-3-14(2)23-18(20-12-15-8-4-7-11-19(15)27-20)13-28-21(23)22-16-9-5-6-10-17(16)24(25)26/h4-14H,3H2,1-2H3. The molecule has 4 aromatic rings. The zero-order chi connectivity index (χ0) is 19.7. The molecule has 0 amide bonds. The minimum atomic E-state index is -0.403. The zero-order valence-corrected chi connectivity index (χ0v) is 16.3. The first-order valence-corrected chi connectivity index (χ1v) is 9.93. The average molecular weight is 393 g/mol. The maximum absolute atomic E-state index is 11.3. The minimum Gasteiger partial charge on any atom is -0.454 e. The van der Waals surface area contributed by atoms with Crippen LogP contribution in [0.5, 0.6) is 0 Å². The molecule has 2 heterocycles. The summed E-state index contributed by atoms with van der Waals surface area (Å²) in [5.41, 5.74) is 2.10. The third-order valence-electron chi connectivity index (χ3n) is 4.75. The number of thiazole rings is 1. The Morgan fingerprint density at radius 3 is 2.71 bits per heavy atom. The van der Waals surface area contributed by atoms with Gasteiger partial charge in [-0.1, -0.05) is 37.3 Å². The molecule has 28 heavy (non-hydrogen) atoms. The second kappa shape index (κ2) is 7.44. The first kappa shape index (κ1) is 18.2. The van der Waals surface area contributed by atoms with Crippen LogP contribution in [0.25, 0.3) is 22.4 Å². The Morgan fingerprint density at radius 2 is 1.96 bits per heavy atom. The summed E-state index contributed by atoms with van der Waals surface area (Å²) in [5, 5.41) is 14.4. The second-order valence-corrected chi connectivity index (χ2v) is 7.37. The van der Waals surface area contributed by atoms with Gasteiger partial charge in [0.25, 0.3) is 5.69 Å². The lowest BCUT2D eigenvalue weighted by Gasteiger charge is -2.14. The van der Waals surface area contributed by atoms with Gasteiger partial charge in [0, 0.05) is 22.9 Å². The van der Waals surface area contributed by atoms with Crippen molar-refractivity contribution in [2.45, 2.75) is 26.3 Å². The predicted octanol–water partition coefficient (Wildman–Crippen LogP) is 6.07. The van der Waals surface area contributed by atoms with E-state index in [9.17, 15) is 10.1 Å². The van der Waals surface area contributed by atoms with Crippen LogP contribution < -0.4 is 4.80 Å². The SMILES string of the molecule is CCC(C)n1c(-c2cc3ccccc3o2)csc1=Nc1ccccc1[N+](=O)[O-]. The minimum absolute atomic E-state index is 0.00288. The Morgan fingerprint density at radius 1 is 1.21 bits per heavy atom. The quantitative estimate of drug-likeness (QED) is 0.305. The van der Waals surface area contributed by atoms with Crippen molar-refractivity contribution in [3.63, 3.8) is 0 Å². The maximum atomic E-state index is 11.3. The van der Waals surface area contributed by atoms with Crippen LogP contribution in [0.3, 0.4) is 0 Å². The third-order valence-corrected chi connectivity index (χ3v) is 5.59. The summed E-state index contributed by atoms with van der Waals surface area (Å²) in [5.74, 6) is 0.766. The maximum Gasteiger partial charge on any atom is 0.294 e. The number of rotatable bonds is 5. The van der Waals surface area contributed by atoms with Crippen molar-refractivity contribution < 1.29 is 9.34 Å². The van der Waals surface area contributed by atoms with Crippen molar-refractivity contribution in [3.05, 3.63) is 74.9 Å². The summed E-state index contributed by atoms with van der Waals surface area (Å²) in [4.78, 5) is 16.3. The number of nitro benzene ring substituents is 1. The molecule has 1 atom stereocenters. The Kier molecular flexibility index (Phi) is 4.83. The monoisotopic (exact) mass is 393 g/mol. The molecule has 0 fully saturated rings. The van der Waals surface area contributed by atoms with Gasteiger partial charge < -0.3 is 8.98 Å². The van der Waals surface area contributed by atoms with E-state index < -0.39 is 4.92 Å². The summed E-state index contributed by atoms with van der Waals surface area (Å²) < 4.78 is 8.15. The summed E-state index contributed by atoms with van der Waals surface area (Å²) in [6.07, 6.45) is 0.897. The number of nitro groups is 1. The van der Waals surface area contributed by atoms with Gasteiger partial charge in [-0.25, -0.2) is 4.99 Å². The molecular weight excluding hydrogens is 374 g/mol. The number of hydrogen-bond donors (Lipinski definition) is 0. The predicted molar refractivity (Wildman–Crippen MR) is 111 cm³/mol. The lowest BCUT2D eigenvalue weighted by atomic mass is 10.2. The third kappa shape index (κ3) is 3.25. The highest BCUT2D eigenvalue weighted by Crippen LogP contribution is 2.31. The van der Waals surface area contributed by atoms with Crippen LogP contribution in [0.1, 0.15) is 26.3 Å². The topological polar surface area (TPSA) is 73.6 Å². The largest absolute Gasteiger partial charge is 0.454 e. The smallest absolute Gasteiger partial charge is 0.294 e. The lowest BCUT2D eigenvalue weighted by Crippen LogP contribution is -2.19. The fourth-order valence-corrected chi connectivity index (χ4v) is 4.10. The van der Waals surface area contributed by atoms with E-state index in [0.29, 0.717) is 10.5 Å². The summed E-state index contributed by atoms with van der Waals surface area (Å²) >= 11 is 1.45. The molecular formula is C21H19N3O3S. The average Bonchev–Trinajstić information content (AvgIpc) is 3.31. The van der Waals surface area contributed by atoms with Crippen LogP contribution in [0.15, 0.2) is 69.4 Å². The molecule has 0 aliphatic rings. The zero-order valence-electron chi connectivity index (χ0n) is 15.5. The van der Waals surface area contributed by atoms with Crippen LogP contribution in [-0.2, 0) is 0 Å². The van der Waals surface area contributed by atoms with Crippen LogP contribution in [0.2, 0.25) is 0 Å². The van der Waals surface area contributed by atoms with Gasteiger partial charge in [-0.15, -0.1) is 11.3 Å². The number of para-hydroxylation sites is 3. The molecule has 2 aromatic heterocycles. The van der Waals surface area contributed by atoms with E-state index >= 15 is 0 Å². The molecule has 2 aromatic carbocycles. The van der Waals surface area contributed by atoms with E-state index in [2.05, 4.69) is 23.4 Å². The number of hydrogen-bond acceptors (Lipinski definition) is 5. The van der Waals surface area contributed by atoms with Gasteiger partial charge in [0.1, 0.15) is 11.3 Å². The van der Waals surface area contributed by atoms with Gasteiger partial charge >= 0.3 is 0 Å². The highest BCUT2D eigenvalue weighted by Gasteiger charge is 2.18. The molecule has 0 N–H and O–H groups in total. The summed E-state index contributed by atoms with van der Waals surface area (Å²) in [7, 11) is 0. The Balaban J connectivity index is 1.92.